The van der Waals surface area contributed by atoms with E-state index >= 15 is 0 Å². The van der Waals surface area contributed by atoms with Crippen LogP contribution in [0, 0.1) is 10.1 Å². The van der Waals surface area contributed by atoms with Gasteiger partial charge in [-0.25, -0.2) is 0 Å². The SMILES string of the molecule is O=C(Cc1cc([N+](=O)[O-])ccc1/N=C/c1ccccc1)N1CCCC1. The van der Waals surface area contributed by atoms with Gasteiger partial charge >= 0.3 is 0 Å². The molecule has 0 unspecified atom stereocenters. The number of rotatable bonds is 5. The first-order valence-corrected chi connectivity index (χ1v) is 8.28. The molecule has 1 saturated heterocycles. The van der Waals surface area contributed by atoms with Crippen LogP contribution in [-0.4, -0.2) is 35.0 Å². The second-order valence-electron chi connectivity index (χ2n) is 6.00. The van der Waals surface area contributed by atoms with E-state index in [9.17, 15) is 14.9 Å². The quantitative estimate of drug-likeness (QED) is 0.476. The van der Waals surface area contributed by atoms with Crippen LogP contribution in [0.2, 0.25) is 0 Å². The molecular weight excluding hydrogens is 318 g/mol. The molecule has 1 amide bonds. The molecule has 0 radical (unpaired) electrons. The first-order valence-electron chi connectivity index (χ1n) is 8.28. The van der Waals surface area contributed by atoms with Crippen LogP contribution in [0.4, 0.5) is 11.4 Å². The summed E-state index contributed by atoms with van der Waals surface area (Å²) in [5.41, 5.74) is 2.07. The number of likely N-dealkylation sites (tertiary alicyclic amines) is 1. The van der Waals surface area contributed by atoms with Crippen molar-refractivity contribution in [3.63, 3.8) is 0 Å². The molecule has 25 heavy (non-hydrogen) atoms. The number of benzene rings is 2. The summed E-state index contributed by atoms with van der Waals surface area (Å²) < 4.78 is 0. The number of nitro benzene ring substituents is 1. The van der Waals surface area contributed by atoms with E-state index < -0.39 is 4.92 Å². The first kappa shape index (κ1) is 16.8. The highest BCUT2D eigenvalue weighted by Gasteiger charge is 2.20. The lowest BCUT2D eigenvalue weighted by atomic mass is 10.1. The predicted molar refractivity (Wildman–Crippen MR) is 96.3 cm³/mol. The maximum atomic E-state index is 12.4. The van der Waals surface area contributed by atoms with Crippen LogP contribution < -0.4 is 0 Å². The van der Waals surface area contributed by atoms with Gasteiger partial charge in [0.1, 0.15) is 0 Å². The number of amides is 1. The molecule has 6 nitrogen and oxygen atoms in total. The largest absolute Gasteiger partial charge is 0.342 e. The molecule has 0 spiro atoms. The topological polar surface area (TPSA) is 75.8 Å². The van der Waals surface area contributed by atoms with Crippen LogP contribution in [0.3, 0.4) is 0 Å². The van der Waals surface area contributed by atoms with Crippen molar-refractivity contribution in [3.8, 4) is 0 Å². The highest BCUT2D eigenvalue weighted by atomic mass is 16.6. The van der Waals surface area contributed by atoms with Gasteiger partial charge < -0.3 is 4.90 Å². The van der Waals surface area contributed by atoms with Crippen molar-refractivity contribution < 1.29 is 9.72 Å². The lowest BCUT2D eigenvalue weighted by molar-refractivity contribution is -0.384. The molecule has 0 bridgehead atoms. The number of non-ortho nitro benzene ring substituents is 1. The van der Waals surface area contributed by atoms with Gasteiger partial charge in [0, 0.05) is 31.4 Å². The second-order valence-corrected chi connectivity index (χ2v) is 6.00. The number of nitro groups is 1. The third-order valence-electron chi connectivity index (χ3n) is 4.23. The third-order valence-corrected chi connectivity index (χ3v) is 4.23. The molecule has 128 valence electrons. The van der Waals surface area contributed by atoms with Gasteiger partial charge in [-0.15, -0.1) is 0 Å². The minimum atomic E-state index is -0.450. The monoisotopic (exact) mass is 337 g/mol. The van der Waals surface area contributed by atoms with E-state index in [1.54, 1.807) is 12.3 Å². The van der Waals surface area contributed by atoms with Gasteiger partial charge in [0.05, 0.1) is 17.0 Å². The first-order chi connectivity index (χ1) is 12.1. The summed E-state index contributed by atoms with van der Waals surface area (Å²) in [6, 6.07) is 14.1. The van der Waals surface area contributed by atoms with Gasteiger partial charge in [-0.05, 0) is 30.0 Å². The minimum absolute atomic E-state index is 0.00541. The van der Waals surface area contributed by atoms with Crippen molar-refractivity contribution in [3.05, 3.63) is 69.8 Å². The maximum absolute atomic E-state index is 12.4. The van der Waals surface area contributed by atoms with Crippen LogP contribution in [0.1, 0.15) is 24.0 Å². The number of hydrogen-bond donors (Lipinski definition) is 0. The molecule has 1 aliphatic rings. The van der Waals surface area contributed by atoms with E-state index in [0.29, 0.717) is 11.3 Å². The predicted octanol–water partition coefficient (Wildman–Crippen LogP) is 3.51. The zero-order chi connectivity index (χ0) is 17.6. The Hall–Kier alpha value is -3.02. The van der Waals surface area contributed by atoms with E-state index in [1.807, 2.05) is 35.2 Å². The average molecular weight is 337 g/mol. The lowest BCUT2D eigenvalue weighted by Gasteiger charge is -2.15. The summed E-state index contributed by atoms with van der Waals surface area (Å²) in [4.78, 5) is 29.3. The molecule has 1 aliphatic heterocycles. The highest BCUT2D eigenvalue weighted by Crippen LogP contribution is 2.26. The fourth-order valence-corrected chi connectivity index (χ4v) is 2.88. The molecule has 1 fully saturated rings. The molecule has 0 N–H and O–H groups in total. The van der Waals surface area contributed by atoms with Gasteiger partial charge in [0.15, 0.2) is 0 Å². The fourth-order valence-electron chi connectivity index (χ4n) is 2.88. The fraction of sp³-hybridized carbons (Fsp3) is 0.263. The molecule has 0 atom stereocenters. The van der Waals surface area contributed by atoms with Crippen LogP contribution in [0.15, 0.2) is 53.5 Å². The summed E-state index contributed by atoms with van der Waals surface area (Å²) in [7, 11) is 0. The van der Waals surface area contributed by atoms with Crippen molar-refractivity contribution in [1.29, 1.82) is 0 Å². The number of aliphatic imine (C=N–C) groups is 1. The molecular formula is C19H19N3O3. The van der Waals surface area contributed by atoms with Gasteiger partial charge in [0.2, 0.25) is 5.91 Å². The number of hydrogen-bond acceptors (Lipinski definition) is 4. The van der Waals surface area contributed by atoms with Crippen LogP contribution in [-0.2, 0) is 11.2 Å². The van der Waals surface area contributed by atoms with Gasteiger partial charge in [-0.3, -0.25) is 19.9 Å². The Kier molecular flexibility index (Phi) is 5.18. The molecule has 1 heterocycles. The number of carbonyl (C=O) groups excluding carboxylic acids is 1. The molecule has 0 aliphatic carbocycles. The smallest absolute Gasteiger partial charge is 0.269 e. The molecule has 6 heteroatoms. The number of nitrogens with zero attached hydrogens (tertiary/aromatic N) is 3. The lowest BCUT2D eigenvalue weighted by Crippen LogP contribution is -2.29. The van der Waals surface area contributed by atoms with Gasteiger partial charge in [0.25, 0.3) is 5.69 Å². The van der Waals surface area contributed by atoms with Crippen molar-refractivity contribution in [2.75, 3.05) is 13.1 Å². The third kappa shape index (κ3) is 4.29. The van der Waals surface area contributed by atoms with E-state index in [0.717, 1.165) is 31.5 Å². The summed E-state index contributed by atoms with van der Waals surface area (Å²) >= 11 is 0. The van der Waals surface area contributed by atoms with E-state index in [2.05, 4.69) is 4.99 Å². The maximum Gasteiger partial charge on any atom is 0.269 e. The van der Waals surface area contributed by atoms with Gasteiger partial charge in [-0.1, -0.05) is 30.3 Å². The zero-order valence-electron chi connectivity index (χ0n) is 13.8. The van der Waals surface area contributed by atoms with Crippen LogP contribution in [0.25, 0.3) is 0 Å². The molecule has 0 saturated carbocycles. The average Bonchev–Trinajstić information content (AvgIpc) is 3.16. The number of carbonyl (C=O) groups is 1. The second kappa shape index (κ2) is 7.70. The molecule has 0 aromatic heterocycles. The van der Waals surface area contributed by atoms with E-state index in [1.165, 1.54) is 12.1 Å². The van der Waals surface area contributed by atoms with E-state index in [-0.39, 0.29) is 18.0 Å². The summed E-state index contributed by atoms with van der Waals surface area (Å²) in [6.07, 6.45) is 3.85. The Morgan fingerprint density at radius 1 is 1.16 bits per heavy atom. The van der Waals surface area contributed by atoms with Gasteiger partial charge in [-0.2, -0.15) is 0 Å². The summed E-state index contributed by atoms with van der Waals surface area (Å²) in [6.45, 7) is 1.52. The molecule has 2 aromatic rings. The Bertz CT molecular complexity index is 797. The standard InChI is InChI=1S/C19H19N3O3/c23-19(21-10-4-5-11-21)13-16-12-17(22(24)25)8-9-18(16)20-14-15-6-2-1-3-7-15/h1-3,6-9,12,14H,4-5,10-11,13H2/b20-14+. The Balaban J connectivity index is 1.87. The Labute approximate surface area is 146 Å². The minimum Gasteiger partial charge on any atom is -0.342 e. The van der Waals surface area contributed by atoms with Crippen molar-refractivity contribution >= 4 is 23.5 Å². The van der Waals surface area contributed by atoms with E-state index in [4.69, 9.17) is 0 Å². The Morgan fingerprint density at radius 3 is 2.56 bits per heavy atom. The van der Waals surface area contributed by atoms with Crippen molar-refractivity contribution in [2.24, 2.45) is 4.99 Å². The van der Waals surface area contributed by atoms with Crippen molar-refractivity contribution in [2.45, 2.75) is 19.3 Å². The summed E-state index contributed by atoms with van der Waals surface area (Å²) in [5, 5.41) is 11.1. The summed E-state index contributed by atoms with van der Waals surface area (Å²) in [5.74, 6) is -0.00541. The Morgan fingerprint density at radius 2 is 1.88 bits per heavy atom. The normalized spacial score (nSPS) is 14.2. The molecule has 2 aromatic carbocycles. The molecule has 3 rings (SSSR count). The van der Waals surface area contributed by atoms with Crippen LogP contribution >= 0.6 is 0 Å². The van der Waals surface area contributed by atoms with Crippen LogP contribution in [0.5, 0.6) is 0 Å². The zero-order valence-corrected chi connectivity index (χ0v) is 13.8. The highest BCUT2D eigenvalue weighted by molar-refractivity contribution is 5.84. The van der Waals surface area contributed by atoms with Crippen molar-refractivity contribution in [1.82, 2.24) is 4.90 Å².